The normalized spacial score (nSPS) is 30.0. The Hall–Kier alpha value is -1.33. The van der Waals surface area contributed by atoms with Crippen molar-refractivity contribution in [2.24, 2.45) is 0 Å². The summed E-state index contributed by atoms with van der Waals surface area (Å²) in [6.45, 7) is 0. The van der Waals surface area contributed by atoms with Crippen LogP contribution < -0.4 is 5.73 Å². The number of rotatable bonds is 4. The number of anilines is 1. The van der Waals surface area contributed by atoms with Gasteiger partial charge < -0.3 is 25.8 Å². The molecule has 0 saturated carbocycles. The van der Waals surface area contributed by atoms with Crippen molar-refractivity contribution in [3.05, 3.63) is 12.7 Å². The topological polar surface area (TPSA) is 140 Å². The fourth-order valence-corrected chi connectivity index (χ4v) is 3.03. The standard InChI is InChI=1S/C12H16BrN5O4/c13-2-1-5(19)9-7(20)8(21)12(22-9)18-4-17-6-10(14)15-3-16-11(6)18/h3-5,7-9,12,19-21H,1-2H2,(H2,14,15,16)/t5?,7-,8+,9+,12+/m0/s1. The van der Waals surface area contributed by atoms with Gasteiger partial charge in [0.2, 0.25) is 0 Å². The van der Waals surface area contributed by atoms with Crippen LogP contribution in [0, 0.1) is 0 Å². The molecule has 0 spiro atoms. The van der Waals surface area contributed by atoms with E-state index >= 15 is 0 Å². The van der Waals surface area contributed by atoms with Crippen molar-refractivity contribution in [1.82, 2.24) is 19.5 Å². The van der Waals surface area contributed by atoms with Crippen molar-refractivity contribution in [1.29, 1.82) is 0 Å². The van der Waals surface area contributed by atoms with Gasteiger partial charge in [-0.2, -0.15) is 0 Å². The molecule has 22 heavy (non-hydrogen) atoms. The molecular weight excluding hydrogens is 358 g/mol. The highest BCUT2D eigenvalue weighted by atomic mass is 79.9. The van der Waals surface area contributed by atoms with E-state index in [0.29, 0.717) is 22.9 Å². The third-order valence-electron chi connectivity index (χ3n) is 3.72. The zero-order valence-electron chi connectivity index (χ0n) is 11.4. The zero-order valence-corrected chi connectivity index (χ0v) is 13.0. The summed E-state index contributed by atoms with van der Waals surface area (Å²) < 4.78 is 7.12. The highest BCUT2D eigenvalue weighted by molar-refractivity contribution is 9.09. The van der Waals surface area contributed by atoms with E-state index in [1.54, 1.807) is 0 Å². The van der Waals surface area contributed by atoms with Gasteiger partial charge in [-0.25, -0.2) is 15.0 Å². The number of nitrogen functional groups attached to an aromatic ring is 1. The van der Waals surface area contributed by atoms with Crippen LogP contribution in [0.4, 0.5) is 5.82 Å². The molecule has 0 aromatic carbocycles. The number of fused-ring (bicyclic) bond motifs is 1. The van der Waals surface area contributed by atoms with E-state index in [-0.39, 0.29) is 5.82 Å². The first kappa shape index (κ1) is 15.6. The molecule has 5 atom stereocenters. The first-order valence-corrected chi connectivity index (χ1v) is 7.85. The third-order valence-corrected chi connectivity index (χ3v) is 4.18. The monoisotopic (exact) mass is 373 g/mol. The highest BCUT2D eigenvalue weighted by Crippen LogP contribution is 2.33. The first-order valence-electron chi connectivity index (χ1n) is 6.73. The van der Waals surface area contributed by atoms with E-state index < -0.39 is 30.6 Å². The molecule has 1 aliphatic heterocycles. The Kier molecular flexibility index (Phi) is 4.28. The molecule has 10 heteroatoms. The molecule has 0 radical (unpaired) electrons. The molecule has 2 aromatic heterocycles. The molecule has 3 heterocycles. The van der Waals surface area contributed by atoms with Gasteiger partial charge in [-0.15, -0.1) is 0 Å². The summed E-state index contributed by atoms with van der Waals surface area (Å²) in [4.78, 5) is 12.0. The second-order valence-corrected chi connectivity index (χ2v) is 5.89. The van der Waals surface area contributed by atoms with Gasteiger partial charge in [-0.1, -0.05) is 15.9 Å². The van der Waals surface area contributed by atoms with Crippen LogP contribution in [0.1, 0.15) is 12.6 Å². The Labute approximate surface area is 133 Å². The lowest BCUT2D eigenvalue weighted by molar-refractivity contribution is -0.0836. The maximum absolute atomic E-state index is 10.2. The molecule has 5 N–H and O–H groups in total. The summed E-state index contributed by atoms with van der Waals surface area (Å²) in [5.74, 6) is 0.215. The maximum atomic E-state index is 10.2. The van der Waals surface area contributed by atoms with Crippen molar-refractivity contribution in [2.45, 2.75) is 37.1 Å². The van der Waals surface area contributed by atoms with Gasteiger partial charge in [0.05, 0.1) is 12.4 Å². The average Bonchev–Trinajstić information content (AvgIpc) is 3.03. The Morgan fingerprint density at radius 2 is 2.09 bits per heavy atom. The number of aliphatic hydroxyl groups excluding tert-OH is 3. The molecule has 1 aliphatic rings. The summed E-state index contributed by atoms with van der Waals surface area (Å²) in [5.41, 5.74) is 6.50. The minimum atomic E-state index is -1.22. The molecule has 0 amide bonds. The van der Waals surface area contributed by atoms with Crippen LogP contribution in [-0.4, -0.2) is 64.6 Å². The number of ether oxygens (including phenoxy) is 1. The van der Waals surface area contributed by atoms with Gasteiger partial charge in [-0.3, -0.25) is 4.57 Å². The third kappa shape index (κ3) is 2.46. The molecule has 1 saturated heterocycles. The number of nitrogens with two attached hydrogens (primary N) is 1. The van der Waals surface area contributed by atoms with Gasteiger partial charge in [0, 0.05) is 5.33 Å². The lowest BCUT2D eigenvalue weighted by Crippen LogP contribution is -2.38. The molecule has 9 nitrogen and oxygen atoms in total. The minimum Gasteiger partial charge on any atom is -0.390 e. The van der Waals surface area contributed by atoms with Crippen molar-refractivity contribution in [2.75, 3.05) is 11.1 Å². The second-order valence-electron chi connectivity index (χ2n) is 5.10. The van der Waals surface area contributed by atoms with E-state index in [1.165, 1.54) is 17.2 Å². The number of imidazole rings is 1. The summed E-state index contributed by atoms with van der Waals surface area (Å²) in [7, 11) is 0. The molecule has 3 rings (SSSR count). The maximum Gasteiger partial charge on any atom is 0.167 e. The van der Waals surface area contributed by atoms with Crippen LogP contribution in [0.15, 0.2) is 12.7 Å². The van der Waals surface area contributed by atoms with Crippen LogP contribution in [0.5, 0.6) is 0 Å². The van der Waals surface area contributed by atoms with Crippen molar-refractivity contribution in [3.63, 3.8) is 0 Å². The average molecular weight is 374 g/mol. The predicted octanol–water partition coefficient (Wildman–Crippen LogP) is -0.826. The quantitative estimate of drug-likeness (QED) is 0.509. The minimum absolute atomic E-state index is 0.215. The summed E-state index contributed by atoms with van der Waals surface area (Å²) in [5, 5.41) is 30.9. The van der Waals surface area contributed by atoms with Crippen LogP contribution in [0.25, 0.3) is 11.2 Å². The number of halogens is 1. The van der Waals surface area contributed by atoms with Gasteiger partial charge >= 0.3 is 0 Å². The van der Waals surface area contributed by atoms with E-state index in [2.05, 4.69) is 30.9 Å². The van der Waals surface area contributed by atoms with Crippen LogP contribution in [0.3, 0.4) is 0 Å². The Morgan fingerprint density at radius 3 is 2.82 bits per heavy atom. The zero-order chi connectivity index (χ0) is 15.9. The van der Waals surface area contributed by atoms with E-state index in [1.807, 2.05) is 0 Å². The Morgan fingerprint density at radius 1 is 1.32 bits per heavy atom. The van der Waals surface area contributed by atoms with Crippen molar-refractivity contribution >= 4 is 32.9 Å². The number of hydrogen-bond acceptors (Lipinski definition) is 8. The second kappa shape index (κ2) is 6.05. The Balaban J connectivity index is 1.92. The highest BCUT2D eigenvalue weighted by Gasteiger charge is 2.47. The largest absolute Gasteiger partial charge is 0.390 e. The lowest BCUT2D eigenvalue weighted by Gasteiger charge is -2.20. The number of aromatic nitrogens is 4. The summed E-state index contributed by atoms with van der Waals surface area (Å²) in [6, 6.07) is 0. The number of hydrogen-bond donors (Lipinski definition) is 4. The molecular formula is C12H16BrN5O4. The smallest absolute Gasteiger partial charge is 0.167 e. The molecule has 0 aliphatic carbocycles. The van der Waals surface area contributed by atoms with Gasteiger partial charge in [0.1, 0.15) is 30.2 Å². The number of nitrogens with zero attached hydrogens (tertiary/aromatic N) is 4. The van der Waals surface area contributed by atoms with Gasteiger partial charge in [0.15, 0.2) is 17.7 Å². The summed E-state index contributed by atoms with van der Waals surface area (Å²) >= 11 is 3.22. The lowest BCUT2D eigenvalue weighted by atomic mass is 10.0. The molecule has 120 valence electrons. The van der Waals surface area contributed by atoms with Crippen molar-refractivity contribution in [3.8, 4) is 0 Å². The Bertz CT molecular complexity index is 668. The number of alkyl halides is 1. The molecule has 1 fully saturated rings. The molecule has 0 bridgehead atoms. The number of aliphatic hydroxyl groups is 3. The van der Waals surface area contributed by atoms with Crippen LogP contribution in [0.2, 0.25) is 0 Å². The van der Waals surface area contributed by atoms with E-state index in [4.69, 9.17) is 10.5 Å². The molecule has 1 unspecified atom stereocenters. The predicted molar refractivity (Wildman–Crippen MR) is 80.1 cm³/mol. The van der Waals surface area contributed by atoms with Crippen LogP contribution in [-0.2, 0) is 4.74 Å². The SMILES string of the molecule is Nc1ncnc2c1ncn2[C@@H]1O[C@H](C(O)CCBr)[C@@H](O)[C@H]1O. The van der Waals surface area contributed by atoms with Gasteiger partial charge in [0.25, 0.3) is 0 Å². The van der Waals surface area contributed by atoms with Gasteiger partial charge in [-0.05, 0) is 6.42 Å². The van der Waals surface area contributed by atoms with E-state index in [9.17, 15) is 15.3 Å². The summed E-state index contributed by atoms with van der Waals surface area (Å²) in [6.07, 6.45) is -2.05. The fraction of sp³-hybridized carbons (Fsp3) is 0.583. The fourth-order valence-electron chi connectivity index (χ4n) is 2.57. The first-order chi connectivity index (χ1) is 10.5. The van der Waals surface area contributed by atoms with Crippen LogP contribution >= 0.6 is 15.9 Å². The van der Waals surface area contributed by atoms with Crippen molar-refractivity contribution < 1.29 is 20.1 Å². The van der Waals surface area contributed by atoms with E-state index in [0.717, 1.165) is 0 Å². The molecule has 2 aromatic rings.